The maximum absolute atomic E-state index is 12.8. The van der Waals surface area contributed by atoms with Crippen LogP contribution >= 0.6 is 27.5 Å². The minimum Gasteiger partial charge on any atom is -0.278 e. The minimum atomic E-state index is -3.71. The van der Waals surface area contributed by atoms with Crippen LogP contribution in [0.4, 0.5) is 5.69 Å². The molecule has 0 aliphatic heterocycles. The van der Waals surface area contributed by atoms with E-state index >= 15 is 0 Å². The molecule has 3 nitrogen and oxygen atoms in total. The van der Waals surface area contributed by atoms with Crippen molar-refractivity contribution in [1.29, 1.82) is 0 Å². The molecule has 0 spiro atoms. The van der Waals surface area contributed by atoms with Crippen molar-refractivity contribution < 1.29 is 8.42 Å². The quantitative estimate of drug-likeness (QED) is 0.717. The monoisotopic (exact) mass is 415 g/mol. The van der Waals surface area contributed by atoms with Crippen LogP contribution in [0.15, 0.2) is 45.8 Å². The lowest BCUT2D eigenvalue weighted by molar-refractivity contribution is 0.584. The highest BCUT2D eigenvalue weighted by Gasteiger charge is 2.22. The summed E-state index contributed by atoms with van der Waals surface area (Å²) in [7, 11) is -3.71. The van der Waals surface area contributed by atoms with E-state index < -0.39 is 10.0 Å². The molecule has 23 heavy (non-hydrogen) atoms. The number of halogens is 2. The van der Waals surface area contributed by atoms with Crippen molar-refractivity contribution in [3.63, 3.8) is 0 Å². The number of aryl methyl sites for hydroxylation is 1. The van der Waals surface area contributed by atoms with Gasteiger partial charge in [-0.2, -0.15) is 0 Å². The zero-order valence-corrected chi connectivity index (χ0v) is 16.6. The van der Waals surface area contributed by atoms with Gasteiger partial charge in [-0.15, -0.1) is 0 Å². The highest BCUT2D eigenvalue weighted by Crippen LogP contribution is 2.30. The Morgan fingerprint density at radius 2 is 1.74 bits per heavy atom. The molecular formula is C17H19BrClNO2S. The summed E-state index contributed by atoms with van der Waals surface area (Å²) in [6.07, 6.45) is 0. The maximum Gasteiger partial charge on any atom is 0.262 e. The Morgan fingerprint density at radius 1 is 1.09 bits per heavy atom. The standard InChI is InChI=1S/C17H19BrClNO2S/c1-11-5-6-12(17(2,3)4)9-16(11)23(21,22)20-15-8-7-13(18)10-14(15)19/h5-10,20H,1-4H3. The molecule has 0 aliphatic carbocycles. The molecule has 6 heteroatoms. The molecule has 1 N–H and O–H groups in total. The van der Waals surface area contributed by atoms with Crippen LogP contribution in [0.25, 0.3) is 0 Å². The fraction of sp³-hybridized carbons (Fsp3) is 0.294. The molecule has 0 fully saturated rings. The number of rotatable bonds is 3. The normalized spacial score (nSPS) is 12.3. The fourth-order valence-electron chi connectivity index (χ4n) is 2.13. The van der Waals surface area contributed by atoms with E-state index in [1.807, 2.05) is 32.9 Å². The van der Waals surface area contributed by atoms with Crippen LogP contribution in [0, 0.1) is 6.92 Å². The van der Waals surface area contributed by atoms with Gasteiger partial charge in [-0.25, -0.2) is 8.42 Å². The lowest BCUT2D eigenvalue weighted by Gasteiger charge is -2.21. The molecule has 2 rings (SSSR count). The Balaban J connectivity index is 2.47. The molecule has 2 aromatic carbocycles. The van der Waals surface area contributed by atoms with Gasteiger partial charge >= 0.3 is 0 Å². The van der Waals surface area contributed by atoms with Gasteiger partial charge in [0.1, 0.15) is 0 Å². The van der Waals surface area contributed by atoms with Crippen LogP contribution < -0.4 is 4.72 Å². The van der Waals surface area contributed by atoms with Crippen LogP contribution in [0.5, 0.6) is 0 Å². The average molecular weight is 417 g/mol. The molecule has 0 heterocycles. The molecule has 0 atom stereocenters. The first-order valence-electron chi connectivity index (χ1n) is 7.10. The molecule has 0 aromatic heterocycles. The van der Waals surface area contributed by atoms with Crippen molar-refractivity contribution in [3.05, 3.63) is 57.0 Å². The zero-order valence-electron chi connectivity index (χ0n) is 13.4. The topological polar surface area (TPSA) is 46.2 Å². The first-order chi connectivity index (χ1) is 10.5. The number of nitrogens with one attached hydrogen (secondary N) is 1. The van der Waals surface area contributed by atoms with E-state index in [0.717, 1.165) is 10.0 Å². The summed E-state index contributed by atoms with van der Waals surface area (Å²) >= 11 is 9.41. The zero-order chi connectivity index (χ0) is 17.4. The van der Waals surface area contributed by atoms with Crippen molar-refractivity contribution in [3.8, 4) is 0 Å². The van der Waals surface area contributed by atoms with Gasteiger partial charge in [-0.1, -0.05) is 60.4 Å². The predicted octanol–water partition coefficient (Wildman–Crippen LogP) is 5.51. The molecular weight excluding hydrogens is 398 g/mol. The Bertz CT molecular complexity index is 842. The molecule has 2 aromatic rings. The molecule has 0 saturated heterocycles. The summed E-state index contributed by atoms with van der Waals surface area (Å²) in [6, 6.07) is 10.5. The van der Waals surface area contributed by atoms with Gasteiger partial charge in [0.05, 0.1) is 15.6 Å². The Kier molecular flexibility index (Phi) is 5.14. The largest absolute Gasteiger partial charge is 0.278 e. The Hall–Kier alpha value is -1.04. The van der Waals surface area contributed by atoms with Crippen molar-refractivity contribution in [2.45, 2.75) is 38.0 Å². The van der Waals surface area contributed by atoms with Crippen LogP contribution in [0.3, 0.4) is 0 Å². The lowest BCUT2D eigenvalue weighted by atomic mass is 9.87. The summed E-state index contributed by atoms with van der Waals surface area (Å²) in [5.74, 6) is 0. The Morgan fingerprint density at radius 3 is 2.30 bits per heavy atom. The van der Waals surface area contributed by atoms with E-state index in [4.69, 9.17) is 11.6 Å². The van der Waals surface area contributed by atoms with E-state index in [2.05, 4.69) is 20.7 Å². The van der Waals surface area contributed by atoms with Crippen molar-refractivity contribution in [1.82, 2.24) is 0 Å². The van der Waals surface area contributed by atoms with Crippen molar-refractivity contribution in [2.75, 3.05) is 4.72 Å². The van der Waals surface area contributed by atoms with E-state index in [0.29, 0.717) is 16.3 Å². The summed E-state index contributed by atoms with van der Waals surface area (Å²) in [6.45, 7) is 7.93. The minimum absolute atomic E-state index is 0.132. The summed E-state index contributed by atoms with van der Waals surface area (Å²) < 4.78 is 28.9. The first kappa shape index (κ1) is 18.3. The molecule has 0 saturated carbocycles. The number of hydrogen-bond donors (Lipinski definition) is 1. The third-order valence-electron chi connectivity index (χ3n) is 3.52. The van der Waals surface area contributed by atoms with Crippen molar-refractivity contribution in [2.24, 2.45) is 0 Å². The number of benzene rings is 2. The fourth-order valence-corrected chi connectivity index (χ4v) is 4.26. The van der Waals surface area contributed by atoms with Gasteiger partial charge < -0.3 is 0 Å². The second-order valence-corrected chi connectivity index (χ2v) is 9.43. The molecule has 124 valence electrons. The number of sulfonamides is 1. The van der Waals surface area contributed by atoms with E-state index in [9.17, 15) is 8.42 Å². The third-order valence-corrected chi connectivity index (χ3v) is 5.83. The van der Waals surface area contributed by atoms with Crippen LogP contribution in [0.1, 0.15) is 31.9 Å². The molecule has 0 amide bonds. The third kappa shape index (κ3) is 4.28. The number of anilines is 1. The first-order valence-corrected chi connectivity index (χ1v) is 9.75. The molecule has 0 unspecified atom stereocenters. The molecule has 0 radical (unpaired) electrons. The van der Waals surface area contributed by atoms with Crippen LogP contribution in [-0.2, 0) is 15.4 Å². The summed E-state index contributed by atoms with van der Waals surface area (Å²) in [5, 5.41) is 0.340. The molecule has 0 bridgehead atoms. The second kappa shape index (κ2) is 6.46. The van der Waals surface area contributed by atoms with Gasteiger partial charge in [-0.05, 0) is 47.7 Å². The van der Waals surface area contributed by atoms with E-state index in [1.54, 1.807) is 31.2 Å². The van der Waals surface area contributed by atoms with Gasteiger partial charge in [0, 0.05) is 4.47 Å². The maximum atomic E-state index is 12.8. The highest BCUT2D eigenvalue weighted by molar-refractivity contribution is 9.10. The number of hydrogen-bond acceptors (Lipinski definition) is 2. The Labute approximate surface area is 151 Å². The van der Waals surface area contributed by atoms with Crippen LogP contribution in [-0.4, -0.2) is 8.42 Å². The highest BCUT2D eigenvalue weighted by atomic mass is 79.9. The van der Waals surface area contributed by atoms with Gasteiger partial charge in [-0.3, -0.25) is 4.72 Å². The van der Waals surface area contributed by atoms with E-state index in [-0.39, 0.29) is 10.3 Å². The lowest BCUT2D eigenvalue weighted by Crippen LogP contribution is -2.17. The SMILES string of the molecule is Cc1ccc(C(C)(C)C)cc1S(=O)(=O)Nc1ccc(Br)cc1Cl. The van der Waals surface area contributed by atoms with Gasteiger partial charge in [0.25, 0.3) is 10.0 Å². The van der Waals surface area contributed by atoms with Gasteiger partial charge in [0.2, 0.25) is 0 Å². The van der Waals surface area contributed by atoms with Crippen LogP contribution in [0.2, 0.25) is 5.02 Å². The predicted molar refractivity (Wildman–Crippen MR) is 99.8 cm³/mol. The average Bonchev–Trinajstić information content (AvgIpc) is 2.41. The van der Waals surface area contributed by atoms with Crippen molar-refractivity contribution >= 4 is 43.2 Å². The smallest absolute Gasteiger partial charge is 0.262 e. The summed E-state index contributed by atoms with van der Waals surface area (Å²) in [4.78, 5) is 0.268. The van der Waals surface area contributed by atoms with E-state index in [1.165, 1.54) is 0 Å². The van der Waals surface area contributed by atoms with Gasteiger partial charge in [0.15, 0.2) is 0 Å². The molecule has 0 aliphatic rings. The summed E-state index contributed by atoms with van der Waals surface area (Å²) in [5.41, 5.74) is 1.88. The second-order valence-electron chi connectivity index (χ2n) is 6.46.